The lowest BCUT2D eigenvalue weighted by molar-refractivity contribution is 0.279. The molecule has 0 saturated heterocycles. The highest BCUT2D eigenvalue weighted by Crippen LogP contribution is 2.29. The largest absolute Gasteiger partial charge is 0.493 e. The van der Waals surface area contributed by atoms with Crippen LogP contribution in [0.5, 0.6) is 11.5 Å². The summed E-state index contributed by atoms with van der Waals surface area (Å²) in [6.07, 6.45) is 2.01. The van der Waals surface area contributed by atoms with E-state index in [2.05, 4.69) is 12.2 Å². The molecule has 0 saturated carbocycles. The first-order chi connectivity index (χ1) is 11.1. The molecule has 23 heavy (non-hydrogen) atoms. The molecule has 2 rings (SSSR count). The maximum Gasteiger partial charge on any atom is 0.161 e. The van der Waals surface area contributed by atoms with Crippen LogP contribution in [0, 0.1) is 5.82 Å². The van der Waals surface area contributed by atoms with Gasteiger partial charge in [0.15, 0.2) is 11.5 Å². The summed E-state index contributed by atoms with van der Waals surface area (Å²) < 4.78 is 24.8. The van der Waals surface area contributed by atoms with E-state index >= 15 is 0 Å². The molecule has 2 aromatic carbocycles. The van der Waals surface area contributed by atoms with Crippen molar-refractivity contribution in [3.63, 3.8) is 0 Å². The monoisotopic (exact) mass is 317 g/mol. The zero-order valence-corrected chi connectivity index (χ0v) is 13.9. The number of halogens is 1. The summed E-state index contributed by atoms with van der Waals surface area (Å²) in [4.78, 5) is 0. The van der Waals surface area contributed by atoms with Gasteiger partial charge in [-0.25, -0.2) is 4.39 Å². The summed E-state index contributed by atoms with van der Waals surface area (Å²) in [6.45, 7) is 2.34. The fraction of sp³-hybridized carbons (Fsp3) is 0.368. The first kappa shape index (κ1) is 17.3. The van der Waals surface area contributed by atoms with Crippen molar-refractivity contribution in [2.75, 3.05) is 14.2 Å². The molecule has 3 nitrogen and oxygen atoms in total. The Balaban J connectivity index is 2.03. The number of hydrogen-bond acceptors (Lipinski definition) is 3. The fourth-order valence-electron chi connectivity index (χ4n) is 2.29. The Labute approximate surface area is 137 Å². The van der Waals surface area contributed by atoms with Gasteiger partial charge in [-0.2, -0.15) is 0 Å². The number of nitrogens with one attached hydrogen (secondary N) is 1. The van der Waals surface area contributed by atoms with E-state index in [1.54, 1.807) is 25.3 Å². The zero-order valence-electron chi connectivity index (χ0n) is 13.9. The number of benzene rings is 2. The topological polar surface area (TPSA) is 30.5 Å². The Morgan fingerprint density at radius 3 is 2.61 bits per heavy atom. The van der Waals surface area contributed by atoms with Crippen LogP contribution in [0.15, 0.2) is 42.5 Å². The second kappa shape index (κ2) is 8.53. The Bertz CT molecular complexity index is 631. The molecule has 1 atom stereocenters. The van der Waals surface area contributed by atoms with Crippen LogP contribution in [0.4, 0.5) is 4.39 Å². The normalized spacial score (nSPS) is 12.0. The van der Waals surface area contributed by atoms with Crippen molar-refractivity contribution in [1.82, 2.24) is 5.32 Å². The summed E-state index contributed by atoms with van der Waals surface area (Å²) in [7, 11) is 3.58. The van der Waals surface area contributed by atoms with E-state index in [0.717, 1.165) is 12.8 Å². The molecule has 1 unspecified atom stereocenters. The molecule has 2 aromatic rings. The van der Waals surface area contributed by atoms with E-state index in [9.17, 15) is 4.39 Å². The van der Waals surface area contributed by atoms with Gasteiger partial charge in [0.05, 0.1) is 7.11 Å². The van der Waals surface area contributed by atoms with Gasteiger partial charge in [-0.3, -0.25) is 0 Å². The van der Waals surface area contributed by atoms with Crippen molar-refractivity contribution in [3.05, 3.63) is 59.4 Å². The van der Waals surface area contributed by atoms with Crippen molar-refractivity contribution < 1.29 is 13.9 Å². The predicted molar refractivity (Wildman–Crippen MR) is 90.6 cm³/mol. The Hall–Kier alpha value is -2.07. The third kappa shape index (κ3) is 4.96. The molecule has 4 heteroatoms. The van der Waals surface area contributed by atoms with E-state index in [-0.39, 0.29) is 12.4 Å². The minimum Gasteiger partial charge on any atom is -0.493 e. The Morgan fingerprint density at radius 1 is 1.13 bits per heavy atom. The van der Waals surface area contributed by atoms with Crippen LogP contribution < -0.4 is 14.8 Å². The summed E-state index contributed by atoms with van der Waals surface area (Å²) in [6, 6.07) is 13.0. The van der Waals surface area contributed by atoms with Gasteiger partial charge in [-0.15, -0.1) is 0 Å². The van der Waals surface area contributed by atoms with E-state index in [4.69, 9.17) is 9.47 Å². The van der Waals surface area contributed by atoms with Gasteiger partial charge >= 0.3 is 0 Å². The smallest absolute Gasteiger partial charge is 0.161 e. The van der Waals surface area contributed by atoms with E-state index in [1.807, 2.05) is 25.2 Å². The van der Waals surface area contributed by atoms with Crippen molar-refractivity contribution in [1.29, 1.82) is 0 Å². The van der Waals surface area contributed by atoms with Gasteiger partial charge in [0.1, 0.15) is 12.4 Å². The van der Waals surface area contributed by atoms with Crippen LogP contribution >= 0.6 is 0 Å². The van der Waals surface area contributed by atoms with Crippen LogP contribution in [-0.4, -0.2) is 20.2 Å². The Morgan fingerprint density at radius 2 is 1.91 bits per heavy atom. The molecule has 0 aromatic heterocycles. The first-order valence-electron chi connectivity index (χ1n) is 7.84. The summed E-state index contributed by atoms with van der Waals surface area (Å²) in [5, 5.41) is 3.23. The highest BCUT2D eigenvalue weighted by Gasteiger charge is 2.09. The van der Waals surface area contributed by atoms with Crippen molar-refractivity contribution in [3.8, 4) is 11.5 Å². The van der Waals surface area contributed by atoms with E-state index < -0.39 is 0 Å². The maximum atomic E-state index is 13.6. The molecule has 0 spiro atoms. The third-order valence-electron chi connectivity index (χ3n) is 3.93. The molecular formula is C19H24FNO2. The highest BCUT2D eigenvalue weighted by atomic mass is 19.1. The molecule has 0 radical (unpaired) electrons. The molecule has 0 aliphatic heterocycles. The first-order valence-corrected chi connectivity index (χ1v) is 7.84. The van der Waals surface area contributed by atoms with Crippen molar-refractivity contribution in [2.24, 2.45) is 0 Å². The molecule has 0 aliphatic carbocycles. The van der Waals surface area contributed by atoms with Crippen LogP contribution in [0.1, 0.15) is 24.5 Å². The summed E-state index contributed by atoms with van der Waals surface area (Å²) in [5.74, 6) is 1.04. The van der Waals surface area contributed by atoms with Gasteiger partial charge in [-0.05, 0) is 50.6 Å². The summed E-state index contributed by atoms with van der Waals surface area (Å²) in [5.41, 5.74) is 1.73. The number of methoxy groups -OCH3 is 1. The minimum absolute atomic E-state index is 0.180. The van der Waals surface area contributed by atoms with Gasteiger partial charge in [0.25, 0.3) is 0 Å². The SMILES string of the molecule is CNC(C)CCc1ccc(OCc2ccccc2F)c(OC)c1. The van der Waals surface area contributed by atoms with E-state index in [1.165, 1.54) is 11.6 Å². The second-order valence-corrected chi connectivity index (χ2v) is 5.59. The number of aryl methyl sites for hydroxylation is 1. The quantitative estimate of drug-likeness (QED) is 0.799. The minimum atomic E-state index is -0.260. The molecule has 0 fully saturated rings. The van der Waals surface area contributed by atoms with Crippen LogP contribution in [0.3, 0.4) is 0 Å². The fourth-order valence-corrected chi connectivity index (χ4v) is 2.29. The predicted octanol–water partition coefficient (Wildman–Crippen LogP) is 3.95. The number of hydrogen-bond donors (Lipinski definition) is 1. The third-order valence-corrected chi connectivity index (χ3v) is 3.93. The highest BCUT2D eigenvalue weighted by molar-refractivity contribution is 5.43. The Kier molecular flexibility index (Phi) is 6.41. The lowest BCUT2D eigenvalue weighted by Crippen LogP contribution is -2.21. The summed E-state index contributed by atoms with van der Waals surface area (Å²) >= 11 is 0. The standard InChI is InChI=1S/C19H24FNO2/c1-14(21-2)8-9-15-10-11-18(19(12-15)22-3)23-13-16-6-4-5-7-17(16)20/h4-7,10-12,14,21H,8-9,13H2,1-3H3. The van der Waals surface area contributed by atoms with Gasteiger partial charge in [0, 0.05) is 11.6 Å². The molecule has 124 valence electrons. The maximum absolute atomic E-state index is 13.6. The van der Waals surface area contributed by atoms with Crippen molar-refractivity contribution in [2.45, 2.75) is 32.4 Å². The molecule has 0 heterocycles. The van der Waals surface area contributed by atoms with Crippen LogP contribution in [0.2, 0.25) is 0 Å². The van der Waals surface area contributed by atoms with Gasteiger partial charge in [0.2, 0.25) is 0 Å². The average molecular weight is 317 g/mol. The molecule has 0 aliphatic rings. The van der Waals surface area contributed by atoms with Crippen molar-refractivity contribution >= 4 is 0 Å². The number of ether oxygens (including phenoxy) is 2. The van der Waals surface area contributed by atoms with Gasteiger partial charge in [-0.1, -0.05) is 24.3 Å². The van der Waals surface area contributed by atoms with Crippen LogP contribution in [0.25, 0.3) is 0 Å². The molecule has 0 amide bonds. The van der Waals surface area contributed by atoms with Gasteiger partial charge < -0.3 is 14.8 Å². The molecule has 1 N–H and O–H groups in total. The lowest BCUT2D eigenvalue weighted by Gasteiger charge is -2.14. The van der Waals surface area contributed by atoms with E-state index in [0.29, 0.717) is 23.1 Å². The number of rotatable bonds is 8. The molecule has 0 bridgehead atoms. The average Bonchev–Trinajstić information content (AvgIpc) is 2.59. The molecular weight excluding hydrogens is 293 g/mol. The second-order valence-electron chi connectivity index (χ2n) is 5.59. The zero-order chi connectivity index (χ0) is 16.7. The van der Waals surface area contributed by atoms with Crippen LogP contribution in [-0.2, 0) is 13.0 Å². The lowest BCUT2D eigenvalue weighted by atomic mass is 10.1.